The van der Waals surface area contributed by atoms with E-state index in [2.05, 4.69) is 11.1 Å². The lowest BCUT2D eigenvalue weighted by Gasteiger charge is -2.05. The molecule has 1 aromatic carbocycles. The number of hydrogen-bond donors (Lipinski definition) is 0. The van der Waals surface area contributed by atoms with Gasteiger partial charge in [0.05, 0.1) is 0 Å². The van der Waals surface area contributed by atoms with E-state index in [9.17, 15) is 0 Å². The molecule has 0 amide bonds. The zero-order valence-corrected chi connectivity index (χ0v) is 14.5. The standard InChI is InChI=1S/C19H15ClN2OS/c20-16-12-15(10-11-21-16)23-19-17(13-6-2-1-3-7-13)22-18(24-19)14-8-4-5-9-14/h1-3,6-8,10-12H,4-5,9H2. The summed E-state index contributed by atoms with van der Waals surface area (Å²) in [4.78, 5) is 8.85. The summed E-state index contributed by atoms with van der Waals surface area (Å²) in [5.74, 6) is 0.669. The molecular weight excluding hydrogens is 340 g/mol. The fourth-order valence-corrected chi connectivity index (χ4v) is 3.90. The highest BCUT2D eigenvalue weighted by molar-refractivity contribution is 7.15. The van der Waals surface area contributed by atoms with Crippen LogP contribution in [0.5, 0.6) is 10.8 Å². The van der Waals surface area contributed by atoms with Crippen LogP contribution in [-0.2, 0) is 0 Å². The van der Waals surface area contributed by atoms with Crippen molar-refractivity contribution in [3.63, 3.8) is 0 Å². The molecule has 0 aliphatic heterocycles. The van der Waals surface area contributed by atoms with E-state index in [1.165, 1.54) is 12.0 Å². The Morgan fingerprint density at radius 3 is 2.75 bits per heavy atom. The van der Waals surface area contributed by atoms with Crippen LogP contribution in [0.1, 0.15) is 24.3 Å². The third-order valence-electron chi connectivity index (χ3n) is 3.87. The summed E-state index contributed by atoms with van der Waals surface area (Å²) in [5, 5.41) is 2.24. The van der Waals surface area contributed by atoms with Crippen LogP contribution in [0.4, 0.5) is 0 Å². The van der Waals surface area contributed by atoms with Gasteiger partial charge in [-0.15, -0.1) is 0 Å². The Balaban J connectivity index is 1.76. The number of pyridine rings is 1. The number of benzene rings is 1. The highest BCUT2D eigenvalue weighted by Gasteiger charge is 2.19. The number of hydrogen-bond acceptors (Lipinski definition) is 4. The lowest BCUT2D eigenvalue weighted by atomic mass is 10.2. The van der Waals surface area contributed by atoms with E-state index in [1.54, 1.807) is 29.7 Å². The molecule has 4 rings (SSSR count). The summed E-state index contributed by atoms with van der Waals surface area (Å²) in [6, 6.07) is 13.6. The second-order valence-electron chi connectivity index (χ2n) is 5.56. The minimum Gasteiger partial charge on any atom is -0.444 e. The molecule has 0 radical (unpaired) electrons. The van der Waals surface area contributed by atoms with Crippen molar-refractivity contribution in [1.29, 1.82) is 0 Å². The van der Waals surface area contributed by atoms with Crippen LogP contribution < -0.4 is 4.74 Å². The molecule has 5 heteroatoms. The first-order chi connectivity index (χ1) is 11.8. The van der Waals surface area contributed by atoms with E-state index >= 15 is 0 Å². The Labute approximate surface area is 149 Å². The highest BCUT2D eigenvalue weighted by atomic mass is 35.5. The summed E-state index contributed by atoms with van der Waals surface area (Å²) in [7, 11) is 0. The van der Waals surface area contributed by atoms with E-state index in [0.717, 1.165) is 34.2 Å². The minimum atomic E-state index is 0.414. The van der Waals surface area contributed by atoms with Crippen molar-refractivity contribution < 1.29 is 4.74 Å². The van der Waals surface area contributed by atoms with Crippen molar-refractivity contribution in [3.8, 4) is 22.1 Å². The third-order valence-corrected chi connectivity index (χ3v) is 5.08. The maximum Gasteiger partial charge on any atom is 0.209 e. The summed E-state index contributed by atoms with van der Waals surface area (Å²) in [6.45, 7) is 0. The number of thiazole rings is 1. The van der Waals surface area contributed by atoms with Gasteiger partial charge in [0.2, 0.25) is 5.06 Å². The maximum absolute atomic E-state index is 6.09. The first-order valence-electron chi connectivity index (χ1n) is 7.85. The monoisotopic (exact) mass is 354 g/mol. The Morgan fingerprint density at radius 2 is 2.00 bits per heavy atom. The van der Waals surface area contributed by atoms with E-state index in [-0.39, 0.29) is 0 Å². The topological polar surface area (TPSA) is 35.0 Å². The zero-order chi connectivity index (χ0) is 16.4. The van der Waals surface area contributed by atoms with Crippen LogP contribution >= 0.6 is 22.9 Å². The number of allylic oxidation sites excluding steroid dienone is 2. The van der Waals surface area contributed by atoms with E-state index in [1.807, 2.05) is 30.3 Å². The first kappa shape index (κ1) is 15.4. The molecule has 0 fully saturated rings. The molecule has 1 aliphatic rings. The van der Waals surface area contributed by atoms with E-state index in [0.29, 0.717) is 10.9 Å². The smallest absolute Gasteiger partial charge is 0.209 e. The highest BCUT2D eigenvalue weighted by Crippen LogP contribution is 2.42. The van der Waals surface area contributed by atoms with Gasteiger partial charge >= 0.3 is 0 Å². The zero-order valence-electron chi connectivity index (χ0n) is 12.9. The van der Waals surface area contributed by atoms with Gasteiger partial charge in [0.15, 0.2) is 0 Å². The average molecular weight is 355 g/mol. The Kier molecular flexibility index (Phi) is 4.32. The molecule has 0 N–H and O–H groups in total. The van der Waals surface area contributed by atoms with Crippen LogP contribution in [-0.4, -0.2) is 9.97 Å². The molecule has 0 saturated carbocycles. The van der Waals surface area contributed by atoms with Crippen LogP contribution in [0.25, 0.3) is 16.8 Å². The molecule has 0 saturated heterocycles. The van der Waals surface area contributed by atoms with E-state index in [4.69, 9.17) is 21.3 Å². The van der Waals surface area contributed by atoms with Crippen molar-refractivity contribution in [3.05, 3.63) is 64.9 Å². The Morgan fingerprint density at radius 1 is 1.12 bits per heavy atom. The Bertz CT molecular complexity index is 889. The van der Waals surface area contributed by atoms with Gasteiger partial charge < -0.3 is 4.74 Å². The van der Waals surface area contributed by atoms with Crippen molar-refractivity contribution >= 4 is 28.5 Å². The lowest BCUT2D eigenvalue weighted by Crippen LogP contribution is -1.86. The van der Waals surface area contributed by atoms with Gasteiger partial charge in [-0.1, -0.05) is 59.3 Å². The lowest BCUT2D eigenvalue weighted by molar-refractivity contribution is 0.496. The predicted molar refractivity (Wildman–Crippen MR) is 98.7 cm³/mol. The molecule has 24 heavy (non-hydrogen) atoms. The number of aromatic nitrogens is 2. The molecule has 0 spiro atoms. The second kappa shape index (κ2) is 6.75. The molecule has 0 unspecified atom stereocenters. The summed E-state index contributed by atoms with van der Waals surface area (Å²) in [5.41, 5.74) is 3.24. The van der Waals surface area contributed by atoms with Gasteiger partial charge in [-0.3, -0.25) is 0 Å². The molecule has 1 aliphatic carbocycles. The average Bonchev–Trinajstić information content (AvgIpc) is 3.25. The Hall–Kier alpha value is -2.17. The van der Waals surface area contributed by atoms with Crippen molar-refractivity contribution in [2.45, 2.75) is 19.3 Å². The summed E-state index contributed by atoms with van der Waals surface area (Å²) < 4.78 is 6.09. The maximum atomic E-state index is 6.09. The quantitative estimate of drug-likeness (QED) is 0.522. The van der Waals surface area contributed by atoms with Crippen molar-refractivity contribution in [2.75, 3.05) is 0 Å². The third kappa shape index (κ3) is 3.21. The number of halogens is 1. The van der Waals surface area contributed by atoms with Crippen molar-refractivity contribution in [1.82, 2.24) is 9.97 Å². The molecule has 0 atom stereocenters. The minimum absolute atomic E-state index is 0.414. The number of rotatable bonds is 4. The van der Waals surface area contributed by atoms with Gasteiger partial charge in [0, 0.05) is 17.8 Å². The molecule has 0 bridgehead atoms. The van der Waals surface area contributed by atoms with Crippen LogP contribution in [0.15, 0.2) is 54.7 Å². The van der Waals surface area contributed by atoms with Crippen molar-refractivity contribution in [2.24, 2.45) is 0 Å². The van der Waals surface area contributed by atoms with Gasteiger partial charge in [-0.25, -0.2) is 9.97 Å². The first-order valence-corrected chi connectivity index (χ1v) is 9.04. The molecule has 3 aromatic rings. The fourth-order valence-electron chi connectivity index (χ4n) is 2.71. The van der Waals surface area contributed by atoms with Gasteiger partial charge in [0.1, 0.15) is 21.6 Å². The van der Waals surface area contributed by atoms with Gasteiger partial charge in [-0.05, 0) is 30.9 Å². The summed E-state index contributed by atoms with van der Waals surface area (Å²) in [6.07, 6.45) is 7.34. The molecule has 2 heterocycles. The summed E-state index contributed by atoms with van der Waals surface area (Å²) >= 11 is 7.55. The van der Waals surface area contributed by atoms with Crippen LogP contribution in [0.3, 0.4) is 0 Å². The molecule has 120 valence electrons. The second-order valence-corrected chi connectivity index (χ2v) is 6.91. The predicted octanol–water partition coefficient (Wildman–Crippen LogP) is 6.22. The normalized spacial score (nSPS) is 13.8. The van der Waals surface area contributed by atoms with Gasteiger partial charge in [-0.2, -0.15) is 0 Å². The fraction of sp³-hybridized carbons (Fsp3) is 0.158. The van der Waals surface area contributed by atoms with Gasteiger partial charge in [0.25, 0.3) is 0 Å². The SMILES string of the molecule is Clc1cc(Oc2sc(C3=CCCC3)nc2-c2ccccc2)ccn1. The largest absolute Gasteiger partial charge is 0.444 e. The molecule has 3 nitrogen and oxygen atoms in total. The number of ether oxygens (including phenoxy) is 1. The molecular formula is C19H15ClN2OS. The molecule has 2 aromatic heterocycles. The van der Waals surface area contributed by atoms with E-state index < -0.39 is 0 Å². The van der Waals surface area contributed by atoms with Crippen LogP contribution in [0, 0.1) is 0 Å². The number of nitrogens with zero attached hydrogens (tertiary/aromatic N) is 2. The van der Waals surface area contributed by atoms with Crippen LogP contribution in [0.2, 0.25) is 5.15 Å².